The van der Waals surface area contributed by atoms with Gasteiger partial charge in [-0.25, -0.2) is 4.79 Å². The number of ether oxygens (including phenoxy) is 1. The first kappa shape index (κ1) is 15.6. The van der Waals surface area contributed by atoms with Gasteiger partial charge in [0.2, 0.25) is 0 Å². The van der Waals surface area contributed by atoms with Gasteiger partial charge in [0, 0.05) is 16.0 Å². The maximum atomic E-state index is 12.3. The van der Waals surface area contributed by atoms with E-state index >= 15 is 0 Å². The Bertz CT molecular complexity index is 513. The predicted molar refractivity (Wildman–Crippen MR) is 84.1 cm³/mol. The third-order valence-electron chi connectivity index (χ3n) is 3.20. The van der Waals surface area contributed by atoms with Crippen molar-refractivity contribution in [3.63, 3.8) is 0 Å². The third-order valence-corrected chi connectivity index (χ3v) is 4.16. The number of amides is 1. The van der Waals surface area contributed by atoms with Gasteiger partial charge in [0.05, 0.1) is 6.04 Å². The summed E-state index contributed by atoms with van der Waals surface area (Å²) >= 11 is 9.61. The maximum Gasteiger partial charge on any atom is 0.410 e. The van der Waals surface area contributed by atoms with Crippen molar-refractivity contribution in [3.8, 4) is 0 Å². The molecule has 0 saturated carbocycles. The molecule has 5 heteroatoms. The Kier molecular flexibility index (Phi) is 4.65. The molecule has 1 amide bonds. The molecule has 20 heavy (non-hydrogen) atoms. The van der Waals surface area contributed by atoms with Crippen molar-refractivity contribution in [2.24, 2.45) is 0 Å². The molecular formula is C15H19BrClNO2. The minimum atomic E-state index is -0.476. The first-order valence-corrected chi connectivity index (χ1v) is 7.89. The Balaban J connectivity index is 2.23. The molecule has 1 aromatic carbocycles. The first-order valence-electron chi connectivity index (χ1n) is 6.72. The smallest absolute Gasteiger partial charge is 0.410 e. The van der Waals surface area contributed by atoms with E-state index in [2.05, 4.69) is 15.9 Å². The standard InChI is InChI=1S/C15H19BrClNO2/c1-15(2,3)20-14(19)18-8-4-5-13(18)11-9-10(17)6-7-12(11)16/h6-7,9,13H,4-5,8H2,1-3H3. The van der Waals surface area contributed by atoms with Gasteiger partial charge in [-0.1, -0.05) is 27.5 Å². The van der Waals surface area contributed by atoms with Gasteiger partial charge in [-0.3, -0.25) is 0 Å². The molecule has 110 valence electrons. The molecule has 0 radical (unpaired) electrons. The zero-order valence-corrected chi connectivity index (χ0v) is 14.3. The van der Waals surface area contributed by atoms with E-state index in [1.54, 1.807) is 4.90 Å². The number of carbonyl (C=O) groups is 1. The van der Waals surface area contributed by atoms with E-state index < -0.39 is 5.60 Å². The highest BCUT2D eigenvalue weighted by Crippen LogP contribution is 2.37. The van der Waals surface area contributed by atoms with Crippen molar-refractivity contribution in [1.29, 1.82) is 0 Å². The Morgan fingerprint density at radius 2 is 2.15 bits per heavy atom. The van der Waals surface area contributed by atoms with E-state index in [-0.39, 0.29) is 12.1 Å². The molecule has 1 unspecified atom stereocenters. The topological polar surface area (TPSA) is 29.5 Å². The number of likely N-dealkylation sites (tertiary alicyclic amines) is 1. The predicted octanol–water partition coefficient (Wildman–Crippen LogP) is 5.17. The van der Waals surface area contributed by atoms with Crippen LogP contribution in [0.15, 0.2) is 22.7 Å². The van der Waals surface area contributed by atoms with Crippen molar-refractivity contribution in [3.05, 3.63) is 33.3 Å². The number of hydrogen-bond donors (Lipinski definition) is 0. The van der Waals surface area contributed by atoms with Gasteiger partial charge < -0.3 is 9.64 Å². The molecule has 1 atom stereocenters. The summed E-state index contributed by atoms with van der Waals surface area (Å²) in [4.78, 5) is 14.1. The molecular weight excluding hydrogens is 342 g/mol. The number of carbonyl (C=O) groups excluding carboxylic acids is 1. The Hall–Kier alpha value is -0.740. The van der Waals surface area contributed by atoms with Crippen molar-refractivity contribution in [2.75, 3.05) is 6.54 Å². The molecule has 1 aliphatic heterocycles. The maximum absolute atomic E-state index is 12.3. The summed E-state index contributed by atoms with van der Waals surface area (Å²) < 4.78 is 6.46. The van der Waals surface area contributed by atoms with Crippen LogP contribution < -0.4 is 0 Å². The van der Waals surface area contributed by atoms with Crippen LogP contribution in [0.25, 0.3) is 0 Å². The van der Waals surface area contributed by atoms with Gasteiger partial charge in [-0.15, -0.1) is 0 Å². The Morgan fingerprint density at radius 1 is 1.45 bits per heavy atom. The fraction of sp³-hybridized carbons (Fsp3) is 0.533. The molecule has 1 aliphatic rings. The summed E-state index contributed by atoms with van der Waals surface area (Å²) in [5, 5.41) is 0.680. The molecule has 1 heterocycles. The Morgan fingerprint density at radius 3 is 2.80 bits per heavy atom. The fourth-order valence-electron chi connectivity index (χ4n) is 2.40. The van der Waals surface area contributed by atoms with Gasteiger partial charge in [-0.05, 0) is 57.4 Å². The van der Waals surface area contributed by atoms with Crippen LogP contribution in [-0.2, 0) is 4.74 Å². The summed E-state index contributed by atoms with van der Waals surface area (Å²) in [6.07, 6.45) is 1.65. The minimum absolute atomic E-state index is 0.0259. The number of benzene rings is 1. The summed E-state index contributed by atoms with van der Waals surface area (Å²) in [6.45, 7) is 6.36. The highest BCUT2D eigenvalue weighted by Gasteiger charge is 2.34. The molecule has 0 aromatic heterocycles. The molecule has 1 aromatic rings. The average molecular weight is 361 g/mol. The van der Waals surface area contributed by atoms with E-state index in [0.29, 0.717) is 5.02 Å². The number of rotatable bonds is 1. The van der Waals surface area contributed by atoms with Gasteiger partial charge in [0.15, 0.2) is 0 Å². The second-order valence-electron chi connectivity index (χ2n) is 6.00. The lowest BCUT2D eigenvalue weighted by Crippen LogP contribution is -2.36. The van der Waals surface area contributed by atoms with Crippen LogP contribution in [0.3, 0.4) is 0 Å². The zero-order chi connectivity index (χ0) is 14.9. The molecule has 1 fully saturated rings. The number of hydrogen-bond acceptors (Lipinski definition) is 2. The van der Waals surface area contributed by atoms with Crippen LogP contribution >= 0.6 is 27.5 Å². The highest BCUT2D eigenvalue weighted by atomic mass is 79.9. The fourth-order valence-corrected chi connectivity index (χ4v) is 3.09. The molecule has 0 N–H and O–H groups in total. The molecule has 0 bridgehead atoms. The van der Waals surface area contributed by atoms with Crippen molar-refractivity contribution >= 4 is 33.6 Å². The molecule has 0 spiro atoms. The average Bonchev–Trinajstić information content (AvgIpc) is 2.79. The van der Waals surface area contributed by atoms with Crippen molar-refractivity contribution in [1.82, 2.24) is 4.90 Å². The van der Waals surface area contributed by atoms with Crippen molar-refractivity contribution < 1.29 is 9.53 Å². The highest BCUT2D eigenvalue weighted by molar-refractivity contribution is 9.10. The molecule has 2 rings (SSSR count). The largest absolute Gasteiger partial charge is 0.444 e. The van der Waals surface area contributed by atoms with E-state index in [1.807, 2.05) is 39.0 Å². The van der Waals surface area contributed by atoms with Crippen molar-refractivity contribution in [2.45, 2.75) is 45.3 Å². The Labute approximate surface area is 133 Å². The number of nitrogens with zero attached hydrogens (tertiary/aromatic N) is 1. The van der Waals surface area contributed by atoms with Crippen LogP contribution in [0.4, 0.5) is 4.79 Å². The van der Waals surface area contributed by atoms with E-state index in [0.717, 1.165) is 29.4 Å². The summed E-state index contributed by atoms with van der Waals surface area (Å²) in [7, 11) is 0. The van der Waals surface area contributed by atoms with Gasteiger partial charge in [-0.2, -0.15) is 0 Å². The quantitative estimate of drug-likeness (QED) is 0.691. The van der Waals surface area contributed by atoms with Gasteiger partial charge in [0.1, 0.15) is 5.60 Å². The van der Waals surface area contributed by atoms with Crippen LogP contribution in [0.2, 0.25) is 5.02 Å². The zero-order valence-electron chi connectivity index (χ0n) is 12.0. The second-order valence-corrected chi connectivity index (χ2v) is 7.29. The van der Waals surface area contributed by atoms with Crippen LogP contribution in [0, 0.1) is 0 Å². The van der Waals surface area contributed by atoms with Crippen LogP contribution in [0.1, 0.15) is 45.2 Å². The number of halogens is 2. The van der Waals surface area contributed by atoms with E-state index in [4.69, 9.17) is 16.3 Å². The summed E-state index contributed by atoms with van der Waals surface area (Å²) in [5.41, 5.74) is 0.566. The normalized spacial score (nSPS) is 19.2. The third kappa shape index (κ3) is 3.67. The molecule has 0 aliphatic carbocycles. The molecule has 1 saturated heterocycles. The van der Waals surface area contributed by atoms with Gasteiger partial charge in [0.25, 0.3) is 0 Å². The second kappa shape index (κ2) is 5.94. The lowest BCUT2D eigenvalue weighted by atomic mass is 10.0. The minimum Gasteiger partial charge on any atom is -0.444 e. The SMILES string of the molecule is CC(C)(C)OC(=O)N1CCCC1c1cc(Cl)ccc1Br. The first-order chi connectivity index (χ1) is 9.28. The monoisotopic (exact) mass is 359 g/mol. The molecule has 3 nitrogen and oxygen atoms in total. The lowest BCUT2D eigenvalue weighted by Gasteiger charge is -2.29. The van der Waals surface area contributed by atoms with Crippen LogP contribution in [0.5, 0.6) is 0 Å². The lowest BCUT2D eigenvalue weighted by molar-refractivity contribution is 0.0224. The summed E-state index contributed by atoms with van der Waals surface area (Å²) in [6, 6.07) is 5.70. The van der Waals surface area contributed by atoms with E-state index in [1.165, 1.54) is 0 Å². The van der Waals surface area contributed by atoms with E-state index in [9.17, 15) is 4.79 Å². The summed E-state index contributed by atoms with van der Waals surface area (Å²) in [5.74, 6) is 0. The van der Waals surface area contributed by atoms with Crippen LogP contribution in [-0.4, -0.2) is 23.1 Å². The van der Waals surface area contributed by atoms with Gasteiger partial charge >= 0.3 is 6.09 Å².